The first kappa shape index (κ1) is 17.0. The van der Waals surface area contributed by atoms with Gasteiger partial charge in [-0.3, -0.25) is 0 Å². The van der Waals surface area contributed by atoms with E-state index in [0.717, 1.165) is 11.1 Å². The second-order valence-corrected chi connectivity index (χ2v) is 7.27. The Balaban J connectivity index is 1.91. The number of hydrogen-bond donors (Lipinski definition) is 1. The molecule has 0 aliphatic heterocycles. The number of rotatable bonds is 4. The molecule has 1 heterocycles. The third kappa shape index (κ3) is 4.38. The maximum absolute atomic E-state index is 12.7. The van der Waals surface area contributed by atoms with Crippen molar-refractivity contribution < 1.29 is 12.8 Å². The van der Waals surface area contributed by atoms with Crippen molar-refractivity contribution in [3.8, 4) is 11.8 Å². The minimum atomic E-state index is -3.70. The van der Waals surface area contributed by atoms with Crippen molar-refractivity contribution in [2.45, 2.75) is 17.9 Å². The third-order valence-electron chi connectivity index (χ3n) is 3.62. The van der Waals surface area contributed by atoms with Gasteiger partial charge < -0.3 is 4.42 Å². The average Bonchev–Trinajstić information content (AvgIpc) is 3.14. The highest BCUT2D eigenvalue weighted by Gasteiger charge is 2.20. The first-order valence-corrected chi connectivity index (χ1v) is 9.20. The Bertz CT molecular complexity index is 981. The van der Waals surface area contributed by atoms with Gasteiger partial charge in [0.1, 0.15) is 6.04 Å². The molecule has 0 bridgehead atoms. The summed E-state index contributed by atoms with van der Waals surface area (Å²) in [7, 11) is -3.70. The molecule has 0 fully saturated rings. The molecule has 5 heteroatoms. The Kier molecular flexibility index (Phi) is 5.03. The summed E-state index contributed by atoms with van der Waals surface area (Å²) >= 11 is 0. The lowest BCUT2D eigenvalue weighted by Gasteiger charge is -2.12. The molecule has 3 rings (SSSR count). The lowest BCUT2D eigenvalue weighted by molar-refractivity contribution is 0.557. The van der Waals surface area contributed by atoms with E-state index in [1.807, 2.05) is 37.3 Å². The third-order valence-corrected chi connectivity index (χ3v) is 5.05. The molecule has 4 nitrogen and oxygen atoms in total. The normalized spacial score (nSPS) is 12.2. The summed E-state index contributed by atoms with van der Waals surface area (Å²) in [6.45, 7) is 1.91. The molecule has 0 amide bonds. The fourth-order valence-corrected chi connectivity index (χ4v) is 3.37. The van der Waals surface area contributed by atoms with E-state index in [4.69, 9.17) is 4.42 Å². The Labute approximate surface area is 147 Å². The van der Waals surface area contributed by atoms with E-state index in [0.29, 0.717) is 5.56 Å². The Hall–Kier alpha value is -2.81. The van der Waals surface area contributed by atoms with Gasteiger partial charge in [-0.2, -0.15) is 4.72 Å². The Morgan fingerprint density at radius 3 is 2.36 bits per heavy atom. The smallest absolute Gasteiger partial charge is 0.241 e. The second kappa shape index (κ2) is 7.39. The van der Waals surface area contributed by atoms with E-state index in [1.165, 1.54) is 12.5 Å². The van der Waals surface area contributed by atoms with Gasteiger partial charge in [-0.15, -0.1) is 0 Å². The first-order chi connectivity index (χ1) is 12.0. The summed E-state index contributed by atoms with van der Waals surface area (Å²) in [5, 5.41) is 0. The van der Waals surface area contributed by atoms with Gasteiger partial charge in [0.2, 0.25) is 10.0 Å². The molecule has 2 aromatic carbocycles. The van der Waals surface area contributed by atoms with Crippen LogP contribution in [0.4, 0.5) is 0 Å². The maximum atomic E-state index is 12.7. The van der Waals surface area contributed by atoms with Gasteiger partial charge in [0.05, 0.1) is 17.4 Å². The van der Waals surface area contributed by atoms with E-state index >= 15 is 0 Å². The summed E-state index contributed by atoms with van der Waals surface area (Å²) in [6.07, 6.45) is 2.98. The second-order valence-electron chi connectivity index (χ2n) is 5.56. The molecule has 0 saturated carbocycles. The van der Waals surface area contributed by atoms with Crippen molar-refractivity contribution in [3.05, 3.63) is 89.9 Å². The van der Waals surface area contributed by atoms with E-state index < -0.39 is 16.1 Å². The first-order valence-electron chi connectivity index (χ1n) is 7.72. The predicted octanol–water partition coefficient (Wildman–Crippen LogP) is 3.66. The zero-order chi connectivity index (χ0) is 17.7. The van der Waals surface area contributed by atoms with Crippen molar-refractivity contribution in [2.75, 3.05) is 0 Å². The van der Waals surface area contributed by atoms with Crippen LogP contribution in [0.3, 0.4) is 0 Å². The van der Waals surface area contributed by atoms with Crippen LogP contribution >= 0.6 is 0 Å². The molecule has 1 aromatic heterocycles. The summed E-state index contributed by atoms with van der Waals surface area (Å²) in [5.74, 6) is 5.97. The number of benzene rings is 2. The van der Waals surface area contributed by atoms with Crippen LogP contribution in [0.2, 0.25) is 0 Å². The molecular formula is C20H17NO3S. The molecule has 0 unspecified atom stereocenters. The number of nitrogens with one attached hydrogen (secondary N) is 1. The monoisotopic (exact) mass is 351 g/mol. The van der Waals surface area contributed by atoms with E-state index in [9.17, 15) is 8.42 Å². The maximum Gasteiger partial charge on any atom is 0.241 e. The zero-order valence-electron chi connectivity index (χ0n) is 13.6. The molecule has 0 aliphatic rings. The largest absolute Gasteiger partial charge is 0.472 e. The molecular weight excluding hydrogens is 334 g/mol. The molecule has 0 aliphatic carbocycles. The van der Waals surface area contributed by atoms with Crippen LogP contribution in [0.1, 0.15) is 22.7 Å². The molecule has 25 heavy (non-hydrogen) atoms. The van der Waals surface area contributed by atoms with Crippen molar-refractivity contribution in [1.29, 1.82) is 0 Å². The average molecular weight is 351 g/mol. The summed E-state index contributed by atoms with van der Waals surface area (Å²) in [5.41, 5.74) is 2.46. The number of furan rings is 1. The number of sulfonamides is 1. The van der Waals surface area contributed by atoms with Crippen LogP contribution in [0, 0.1) is 18.8 Å². The fraction of sp³-hybridized carbons (Fsp3) is 0.100. The van der Waals surface area contributed by atoms with Crippen LogP contribution in [0.5, 0.6) is 0 Å². The van der Waals surface area contributed by atoms with Crippen LogP contribution in [0.25, 0.3) is 0 Å². The molecule has 0 radical (unpaired) electrons. The van der Waals surface area contributed by atoms with Crippen molar-refractivity contribution in [3.63, 3.8) is 0 Å². The van der Waals surface area contributed by atoms with Gasteiger partial charge in [0.25, 0.3) is 0 Å². The molecule has 0 saturated heterocycles. The van der Waals surface area contributed by atoms with E-state index in [2.05, 4.69) is 16.6 Å². The SMILES string of the molecule is Cc1ccc(S(=O)(=O)N[C@H](C#Cc2ccccc2)c2ccoc2)cc1. The van der Waals surface area contributed by atoms with Crippen molar-refractivity contribution in [2.24, 2.45) is 0 Å². The number of aryl methyl sites for hydroxylation is 1. The van der Waals surface area contributed by atoms with E-state index in [1.54, 1.807) is 30.3 Å². The highest BCUT2D eigenvalue weighted by Crippen LogP contribution is 2.18. The van der Waals surface area contributed by atoms with Gasteiger partial charge in [-0.05, 0) is 37.3 Å². The lowest BCUT2D eigenvalue weighted by atomic mass is 10.1. The topological polar surface area (TPSA) is 59.3 Å². The molecule has 3 aromatic rings. The van der Waals surface area contributed by atoms with Gasteiger partial charge in [-0.25, -0.2) is 8.42 Å². The highest BCUT2D eigenvalue weighted by molar-refractivity contribution is 7.89. The van der Waals surface area contributed by atoms with Crippen molar-refractivity contribution >= 4 is 10.0 Å². The van der Waals surface area contributed by atoms with Gasteiger partial charge in [0, 0.05) is 11.1 Å². The zero-order valence-corrected chi connectivity index (χ0v) is 14.5. The minimum Gasteiger partial charge on any atom is -0.472 e. The highest BCUT2D eigenvalue weighted by atomic mass is 32.2. The quantitative estimate of drug-likeness (QED) is 0.730. The predicted molar refractivity (Wildman–Crippen MR) is 96.3 cm³/mol. The Morgan fingerprint density at radius 1 is 1.00 bits per heavy atom. The summed E-state index contributed by atoms with van der Waals surface area (Å²) in [4.78, 5) is 0.202. The lowest BCUT2D eigenvalue weighted by Crippen LogP contribution is -2.27. The Morgan fingerprint density at radius 2 is 1.72 bits per heavy atom. The van der Waals surface area contributed by atoms with E-state index in [-0.39, 0.29) is 4.90 Å². The van der Waals surface area contributed by atoms with Crippen LogP contribution in [-0.2, 0) is 10.0 Å². The fourth-order valence-electron chi connectivity index (χ4n) is 2.24. The van der Waals surface area contributed by atoms with Gasteiger partial charge in [-0.1, -0.05) is 47.7 Å². The van der Waals surface area contributed by atoms with Crippen LogP contribution < -0.4 is 4.72 Å². The molecule has 1 N–H and O–H groups in total. The van der Waals surface area contributed by atoms with Crippen LogP contribution in [-0.4, -0.2) is 8.42 Å². The summed E-state index contributed by atoms with van der Waals surface area (Å²) < 4.78 is 33.0. The summed E-state index contributed by atoms with van der Waals surface area (Å²) in [6, 6.07) is 17.1. The minimum absolute atomic E-state index is 0.202. The standard InChI is InChI=1S/C20H17NO3S/c1-16-7-10-19(11-8-16)25(22,23)21-20(18-13-14-24-15-18)12-9-17-5-3-2-4-6-17/h2-8,10-11,13-15,20-21H,1H3/t20-/m1/s1. The van der Waals surface area contributed by atoms with Crippen LogP contribution in [0.15, 0.2) is 82.5 Å². The van der Waals surface area contributed by atoms with Gasteiger partial charge in [0.15, 0.2) is 0 Å². The molecule has 0 spiro atoms. The number of hydrogen-bond acceptors (Lipinski definition) is 3. The van der Waals surface area contributed by atoms with Crippen molar-refractivity contribution in [1.82, 2.24) is 4.72 Å². The molecule has 126 valence electrons. The van der Waals surface area contributed by atoms with Gasteiger partial charge >= 0.3 is 0 Å². The molecule has 1 atom stereocenters.